The van der Waals surface area contributed by atoms with Gasteiger partial charge in [-0.25, -0.2) is 0 Å². The molecule has 1 aromatic carbocycles. The summed E-state index contributed by atoms with van der Waals surface area (Å²) in [5, 5.41) is 11.9. The molecule has 0 N–H and O–H groups in total. The van der Waals surface area contributed by atoms with Crippen molar-refractivity contribution in [2.75, 3.05) is 6.54 Å². The molecule has 0 aromatic heterocycles. The lowest BCUT2D eigenvalue weighted by atomic mass is 9.43. The van der Waals surface area contributed by atoms with Gasteiger partial charge in [-0.05, 0) is 55.4 Å². The Morgan fingerprint density at radius 3 is 2.26 bits per heavy atom. The van der Waals surface area contributed by atoms with Gasteiger partial charge in [0.1, 0.15) is 11.4 Å². The van der Waals surface area contributed by atoms with Gasteiger partial charge in [-0.2, -0.15) is 0 Å². The van der Waals surface area contributed by atoms with Crippen LogP contribution in [0.5, 0.6) is 17.2 Å². The average Bonchev–Trinajstić information content (AvgIpc) is 2.66. The standard InChI is InChI=1S/C26H35NO7/c1-15(28)32-20-12-17-18(14-27(30)31)23-25(5)10-7-9-24(3,4)22(25)8-11-26(23,6)34-19(17)13-21(20)33-16(2)29/h12-13,18,22-23H,7-11,14H2,1-6H3/t18-,22+,23-,25+,26+/m1/s1. The molecule has 3 aliphatic rings. The van der Waals surface area contributed by atoms with Crippen LogP contribution in [0.3, 0.4) is 0 Å². The Morgan fingerprint density at radius 2 is 1.68 bits per heavy atom. The van der Waals surface area contributed by atoms with Crippen LogP contribution in [0, 0.1) is 32.8 Å². The zero-order valence-electron chi connectivity index (χ0n) is 20.9. The molecule has 1 heterocycles. The SMILES string of the molecule is CC(=O)Oc1cc2c(cc1OC(C)=O)[C@@H](C[N+](=O)[O-])[C@@H]1[C@@]3(C)CCCC(C)(C)[C@@H]3CC[C@]1(C)O2. The Balaban J connectivity index is 1.90. The summed E-state index contributed by atoms with van der Waals surface area (Å²) in [7, 11) is 0. The van der Waals surface area contributed by atoms with E-state index >= 15 is 0 Å². The molecule has 0 saturated heterocycles. The molecule has 8 heteroatoms. The van der Waals surface area contributed by atoms with Crippen molar-refractivity contribution in [1.82, 2.24) is 0 Å². The summed E-state index contributed by atoms with van der Waals surface area (Å²) in [6.07, 6.45) is 5.02. The normalized spacial score (nSPS) is 33.4. The molecule has 2 aliphatic carbocycles. The van der Waals surface area contributed by atoms with E-state index in [-0.39, 0.29) is 39.7 Å². The number of carbonyl (C=O) groups is 2. The molecule has 1 aliphatic heterocycles. The fourth-order valence-electron chi connectivity index (χ4n) is 7.74. The summed E-state index contributed by atoms with van der Waals surface area (Å²) in [4.78, 5) is 35.1. The fraction of sp³-hybridized carbons (Fsp3) is 0.692. The van der Waals surface area contributed by atoms with Gasteiger partial charge in [0, 0.05) is 36.3 Å². The number of hydrogen-bond acceptors (Lipinski definition) is 7. The number of nitro groups is 1. The van der Waals surface area contributed by atoms with Crippen molar-refractivity contribution in [2.24, 2.45) is 22.7 Å². The lowest BCUT2D eigenvalue weighted by molar-refractivity contribution is -0.487. The highest BCUT2D eigenvalue weighted by Crippen LogP contribution is 2.67. The van der Waals surface area contributed by atoms with Crippen molar-refractivity contribution in [3.8, 4) is 17.2 Å². The molecule has 34 heavy (non-hydrogen) atoms. The molecule has 2 saturated carbocycles. The van der Waals surface area contributed by atoms with E-state index in [4.69, 9.17) is 14.2 Å². The first-order valence-electron chi connectivity index (χ1n) is 12.1. The largest absolute Gasteiger partial charge is 0.487 e. The third-order valence-electron chi connectivity index (χ3n) is 8.65. The summed E-state index contributed by atoms with van der Waals surface area (Å²) in [5.74, 6) is -0.612. The topological polar surface area (TPSA) is 105 Å². The highest BCUT2D eigenvalue weighted by molar-refractivity contribution is 5.74. The highest BCUT2D eigenvalue weighted by atomic mass is 16.6. The Bertz CT molecular complexity index is 1030. The number of rotatable bonds is 4. The molecule has 4 rings (SSSR count). The van der Waals surface area contributed by atoms with Crippen LogP contribution in [0.15, 0.2) is 12.1 Å². The molecule has 2 fully saturated rings. The van der Waals surface area contributed by atoms with E-state index in [9.17, 15) is 19.7 Å². The summed E-state index contributed by atoms with van der Waals surface area (Å²) >= 11 is 0. The predicted octanol–water partition coefficient (Wildman–Crippen LogP) is 5.29. The van der Waals surface area contributed by atoms with Crippen LogP contribution >= 0.6 is 0 Å². The quantitative estimate of drug-likeness (QED) is 0.253. The van der Waals surface area contributed by atoms with Crippen molar-refractivity contribution < 1.29 is 28.7 Å². The van der Waals surface area contributed by atoms with Gasteiger partial charge in [0.25, 0.3) is 0 Å². The first kappa shape index (κ1) is 24.5. The van der Waals surface area contributed by atoms with E-state index in [1.165, 1.54) is 13.8 Å². The van der Waals surface area contributed by atoms with E-state index in [1.807, 2.05) is 0 Å². The van der Waals surface area contributed by atoms with Crippen LogP contribution in [0.4, 0.5) is 0 Å². The van der Waals surface area contributed by atoms with Gasteiger partial charge in [0.2, 0.25) is 6.54 Å². The molecule has 0 bridgehead atoms. The smallest absolute Gasteiger partial charge is 0.308 e. The zero-order chi connectivity index (χ0) is 25.1. The second kappa shape index (κ2) is 8.24. The Hall–Kier alpha value is -2.64. The monoisotopic (exact) mass is 473 g/mol. The Morgan fingerprint density at radius 1 is 1.06 bits per heavy atom. The maximum Gasteiger partial charge on any atom is 0.308 e. The van der Waals surface area contributed by atoms with Gasteiger partial charge in [-0.1, -0.05) is 27.2 Å². The first-order chi connectivity index (χ1) is 15.8. The van der Waals surface area contributed by atoms with E-state index in [2.05, 4.69) is 27.7 Å². The van der Waals surface area contributed by atoms with Crippen LogP contribution in [-0.4, -0.2) is 29.0 Å². The average molecular weight is 474 g/mol. The third kappa shape index (κ3) is 4.05. The van der Waals surface area contributed by atoms with Crippen molar-refractivity contribution in [1.29, 1.82) is 0 Å². The molecule has 0 spiro atoms. The van der Waals surface area contributed by atoms with Crippen molar-refractivity contribution in [2.45, 2.75) is 85.2 Å². The second-order valence-electron chi connectivity index (χ2n) is 11.5. The maximum absolute atomic E-state index is 11.9. The van der Waals surface area contributed by atoms with Crippen LogP contribution < -0.4 is 14.2 Å². The summed E-state index contributed by atoms with van der Waals surface area (Å²) in [5.41, 5.74) is 0.0543. The number of benzene rings is 1. The van der Waals surface area contributed by atoms with Crippen LogP contribution in [-0.2, 0) is 9.59 Å². The summed E-state index contributed by atoms with van der Waals surface area (Å²) in [6, 6.07) is 3.15. The van der Waals surface area contributed by atoms with Crippen LogP contribution in [0.1, 0.15) is 85.1 Å². The van der Waals surface area contributed by atoms with E-state index in [0.717, 1.165) is 32.1 Å². The highest BCUT2D eigenvalue weighted by Gasteiger charge is 2.64. The predicted molar refractivity (Wildman–Crippen MR) is 125 cm³/mol. The second-order valence-corrected chi connectivity index (χ2v) is 11.5. The molecule has 0 amide bonds. The number of esters is 2. The number of carbonyl (C=O) groups excluding carboxylic acids is 2. The van der Waals surface area contributed by atoms with Gasteiger partial charge < -0.3 is 14.2 Å². The van der Waals surface area contributed by atoms with Gasteiger partial charge in [-0.3, -0.25) is 19.7 Å². The van der Waals surface area contributed by atoms with Crippen LogP contribution in [0.2, 0.25) is 0 Å². The molecular formula is C26H35NO7. The molecule has 5 atom stereocenters. The lowest BCUT2D eigenvalue weighted by Gasteiger charge is -2.64. The van der Waals surface area contributed by atoms with Crippen LogP contribution in [0.25, 0.3) is 0 Å². The van der Waals surface area contributed by atoms with Crippen molar-refractivity contribution in [3.05, 3.63) is 27.8 Å². The number of nitrogens with zero attached hydrogens (tertiary/aromatic N) is 1. The minimum Gasteiger partial charge on any atom is -0.487 e. The summed E-state index contributed by atoms with van der Waals surface area (Å²) in [6.45, 7) is 11.3. The number of fused-ring (bicyclic) bond motifs is 4. The Kier molecular flexibility index (Phi) is 5.93. The third-order valence-corrected chi connectivity index (χ3v) is 8.65. The molecular weight excluding hydrogens is 438 g/mol. The van der Waals surface area contributed by atoms with Crippen molar-refractivity contribution >= 4 is 11.9 Å². The van der Waals surface area contributed by atoms with Gasteiger partial charge in [0.15, 0.2) is 11.5 Å². The number of hydrogen-bond donors (Lipinski definition) is 0. The lowest BCUT2D eigenvalue weighted by Crippen LogP contribution is -2.63. The molecule has 0 unspecified atom stereocenters. The molecule has 0 radical (unpaired) electrons. The van der Waals surface area contributed by atoms with Gasteiger partial charge >= 0.3 is 11.9 Å². The minimum atomic E-state index is -0.594. The zero-order valence-corrected chi connectivity index (χ0v) is 20.9. The maximum atomic E-state index is 11.9. The van der Waals surface area contributed by atoms with E-state index in [0.29, 0.717) is 17.2 Å². The first-order valence-corrected chi connectivity index (χ1v) is 12.1. The molecule has 8 nitrogen and oxygen atoms in total. The molecule has 186 valence electrons. The van der Waals surface area contributed by atoms with Gasteiger partial charge in [0.05, 0.1) is 5.92 Å². The molecule has 1 aromatic rings. The summed E-state index contributed by atoms with van der Waals surface area (Å²) < 4.78 is 17.3. The van der Waals surface area contributed by atoms with E-state index < -0.39 is 23.5 Å². The van der Waals surface area contributed by atoms with Crippen molar-refractivity contribution in [3.63, 3.8) is 0 Å². The minimum absolute atomic E-state index is 0.0713. The van der Waals surface area contributed by atoms with E-state index in [1.54, 1.807) is 12.1 Å². The fourth-order valence-corrected chi connectivity index (χ4v) is 7.74. The Labute approximate surface area is 200 Å². The van der Waals surface area contributed by atoms with Gasteiger partial charge in [-0.15, -0.1) is 0 Å². The number of ether oxygens (including phenoxy) is 3.